The molecule has 0 bridgehead atoms. The van der Waals surface area contributed by atoms with Crippen LogP contribution < -0.4 is 9.96 Å². The highest BCUT2D eigenvalue weighted by atomic mass is 28.4. The lowest BCUT2D eigenvalue weighted by Gasteiger charge is -2.31. The highest BCUT2D eigenvalue weighted by molar-refractivity contribution is 6.62. The lowest BCUT2D eigenvalue weighted by Crippen LogP contribution is -2.68. The van der Waals surface area contributed by atoms with Gasteiger partial charge < -0.3 is 8.85 Å². The summed E-state index contributed by atoms with van der Waals surface area (Å²) in [6.45, 7) is 15.9. The van der Waals surface area contributed by atoms with E-state index in [1.54, 1.807) is 0 Å². The molecular formula is C12H30N2O2Si. The fraction of sp³-hybridized carbons (Fsp3) is 1.00. The van der Waals surface area contributed by atoms with Gasteiger partial charge in [-0.1, -0.05) is 27.7 Å². The van der Waals surface area contributed by atoms with Crippen LogP contribution in [0.3, 0.4) is 0 Å². The van der Waals surface area contributed by atoms with E-state index < -0.39 is 8.88 Å². The SMILES string of the molecule is CCO[Si](NCC(C)C)(NCC(C)C)OCC. The van der Waals surface area contributed by atoms with Gasteiger partial charge in [-0.15, -0.1) is 0 Å². The van der Waals surface area contributed by atoms with Gasteiger partial charge in [-0.25, -0.2) is 0 Å². The molecule has 0 aliphatic carbocycles. The lowest BCUT2D eigenvalue weighted by molar-refractivity contribution is 0.156. The third kappa shape index (κ3) is 7.89. The quantitative estimate of drug-likeness (QED) is 0.591. The average Bonchev–Trinajstić information content (AvgIpc) is 2.24. The molecule has 0 rings (SSSR count). The second-order valence-electron chi connectivity index (χ2n) is 5.03. The Kier molecular flexibility index (Phi) is 9.08. The smallest absolute Gasteiger partial charge is 0.371 e. The predicted molar refractivity (Wildman–Crippen MR) is 74.7 cm³/mol. The Morgan fingerprint density at radius 3 is 1.41 bits per heavy atom. The molecule has 104 valence electrons. The van der Waals surface area contributed by atoms with Crippen LogP contribution in [0, 0.1) is 11.8 Å². The van der Waals surface area contributed by atoms with Crippen LogP contribution >= 0.6 is 0 Å². The molecule has 0 saturated carbocycles. The van der Waals surface area contributed by atoms with Crippen molar-refractivity contribution in [2.45, 2.75) is 41.5 Å². The fourth-order valence-corrected chi connectivity index (χ4v) is 4.18. The van der Waals surface area contributed by atoms with Crippen molar-refractivity contribution in [2.75, 3.05) is 26.3 Å². The molecule has 0 atom stereocenters. The number of hydrogen-bond acceptors (Lipinski definition) is 4. The molecule has 0 unspecified atom stereocenters. The minimum atomic E-state index is -2.42. The first-order valence-electron chi connectivity index (χ1n) is 6.73. The van der Waals surface area contributed by atoms with Crippen molar-refractivity contribution in [1.82, 2.24) is 9.96 Å². The van der Waals surface area contributed by atoms with Crippen molar-refractivity contribution in [1.29, 1.82) is 0 Å². The zero-order valence-electron chi connectivity index (χ0n) is 12.3. The van der Waals surface area contributed by atoms with E-state index in [1.807, 2.05) is 13.8 Å². The largest absolute Gasteiger partial charge is 0.516 e. The van der Waals surface area contributed by atoms with Crippen molar-refractivity contribution in [3.8, 4) is 0 Å². The van der Waals surface area contributed by atoms with Crippen LogP contribution in [0.4, 0.5) is 0 Å². The van der Waals surface area contributed by atoms with Crippen LogP contribution in [0.5, 0.6) is 0 Å². The predicted octanol–water partition coefficient (Wildman–Crippen LogP) is 1.99. The maximum atomic E-state index is 5.87. The van der Waals surface area contributed by atoms with Gasteiger partial charge in [-0.3, -0.25) is 9.96 Å². The second-order valence-corrected chi connectivity index (χ2v) is 7.55. The summed E-state index contributed by atoms with van der Waals surface area (Å²) in [7, 11) is -2.42. The Bertz CT molecular complexity index is 169. The van der Waals surface area contributed by atoms with Crippen molar-refractivity contribution in [3.05, 3.63) is 0 Å². The number of hydrogen-bond donors (Lipinski definition) is 2. The molecule has 0 aromatic carbocycles. The summed E-state index contributed by atoms with van der Waals surface area (Å²) in [5.74, 6) is 1.17. The maximum absolute atomic E-state index is 5.87. The van der Waals surface area contributed by atoms with E-state index >= 15 is 0 Å². The van der Waals surface area contributed by atoms with Gasteiger partial charge in [0.25, 0.3) is 0 Å². The Morgan fingerprint density at radius 1 is 0.824 bits per heavy atom. The molecule has 5 heteroatoms. The first-order chi connectivity index (χ1) is 7.95. The first-order valence-corrected chi connectivity index (χ1v) is 8.55. The number of rotatable bonds is 10. The summed E-state index contributed by atoms with van der Waals surface area (Å²) in [6, 6.07) is 0. The first kappa shape index (κ1) is 17.1. The van der Waals surface area contributed by atoms with E-state index in [4.69, 9.17) is 8.85 Å². The summed E-state index contributed by atoms with van der Waals surface area (Å²) < 4.78 is 11.7. The van der Waals surface area contributed by atoms with Crippen LogP contribution in [0.1, 0.15) is 41.5 Å². The normalized spacial score (nSPS) is 12.7. The summed E-state index contributed by atoms with van der Waals surface area (Å²) in [4.78, 5) is 6.95. The zero-order valence-corrected chi connectivity index (χ0v) is 13.3. The second kappa shape index (κ2) is 9.05. The summed E-state index contributed by atoms with van der Waals surface area (Å²) in [5.41, 5.74) is 0. The summed E-state index contributed by atoms with van der Waals surface area (Å²) in [5, 5.41) is 0. The third-order valence-corrected chi connectivity index (χ3v) is 4.91. The van der Waals surface area contributed by atoms with Crippen molar-refractivity contribution in [2.24, 2.45) is 11.8 Å². The molecule has 0 heterocycles. The molecule has 0 saturated heterocycles. The Hall–Kier alpha value is 0.0569. The van der Waals surface area contributed by atoms with Crippen LogP contribution in [0.15, 0.2) is 0 Å². The fourth-order valence-electron chi connectivity index (χ4n) is 1.39. The van der Waals surface area contributed by atoms with Crippen LogP contribution in [0.2, 0.25) is 0 Å². The van der Waals surface area contributed by atoms with Gasteiger partial charge in [-0.05, 0) is 38.8 Å². The molecule has 17 heavy (non-hydrogen) atoms. The van der Waals surface area contributed by atoms with Gasteiger partial charge in [-0.2, -0.15) is 0 Å². The zero-order chi connectivity index (χ0) is 13.3. The third-order valence-electron chi connectivity index (χ3n) is 2.18. The van der Waals surface area contributed by atoms with E-state index in [0.29, 0.717) is 25.0 Å². The van der Waals surface area contributed by atoms with E-state index in [0.717, 1.165) is 13.1 Å². The van der Waals surface area contributed by atoms with E-state index in [2.05, 4.69) is 37.7 Å². The van der Waals surface area contributed by atoms with E-state index in [9.17, 15) is 0 Å². The molecule has 0 amide bonds. The van der Waals surface area contributed by atoms with Crippen LogP contribution in [0.25, 0.3) is 0 Å². The Balaban J connectivity index is 4.47. The van der Waals surface area contributed by atoms with Gasteiger partial charge in [0.1, 0.15) is 0 Å². The molecule has 4 nitrogen and oxygen atoms in total. The maximum Gasteiger partial charge on any atom is 0.516 e. The Morgan fingerprint density at radius 2 is 1.18 bits per heavy atom. The van der Waals surface area contributed by atoms with Gasteiger partial charge in [0.2, 0.25) is 0 Å². The molecule has 0 spiro atoms. The average molecular weight is 262 g/mol. The highest BCUT2D eigenvalue weighted by Crippen LogP contribution is 2.03. The highest BCUT2D eigenvalue weighted by Gasteiger charge is 2.38. The minimum Gasteiger partial charge on any atom is -0.371 e. The van der Waals surface area contributed by atoms with E-state index in [-0.39, 0.29) is 0 Å². The Labute approximate surface area is 108 Å². The van der Waals surface area contributed by atoms with Gasteiger partial charge in [0.15, 0.2) is 0 Å². The van der Waals surface area contributed by atoms with Crippen molar-refractivity contribution >= 4 is 8.88 Å². The van der Waals surface area contributed by atoms with Gasteiger partial charge in [0.05, 0.1) is 0 Å². The van der Waals surface area contributed by atoms with Crippen molar-refractivity contribution in [3.63, 3.8) is 0 Å². The minimum absolute atomic E-state index is 0.587. The molecule has 0 aliphatic heterocycles. The standard InChI is InChI=1S/C12H30N2O2Si/c1-7-15-17(16-8-2,13-9-11(3)4)14-10-12(5)6/h11-14H,7-10H2,1-6H3. The molecule has 0 aliphatic rings. The molecular weight excluding hydrogens is 232 g/mol. The molecule has 0 aromatic rings. The molecule has 0 radical (unpaired) electrons. The molecule has 2 N–H and O–H groups in total. The molecule has 0 aromatic heterocycles. The number of nitrogens with one attached hydrogen (secondary N) is 2. The monoisotopic (exact) mass is 262 g/mol. The van der Waals surface area contributed by atoms with Crippen LogP contribution in [-0.2, 0) is 8.85 Å². The summed E-state index contributed by atoms with van der Waals surface area (Å²) >= 11 is 0. The van der Waals surface area contributed by atoms with Gasteiger partial charge in [0, 0.05) is 13.2 Å². The molecule has 0 fully saturated rings. The van der Waals surface area contributed by atoms with E-state index in [1.165, 1.54) is 0 Å². The van der Waals surface area contributed by atoms with Crippen LogP contribution in [-0.4, -0.2) is 35.2 Å². The topological polar surface area (TPSA) is 42.5 Å². The lowest BCUT2D eigenvalue weighted by atomic mass is 10.2. The van der Waals surface area contributed by atoms with Gasteiger partial charge >= 0.3 is 8.88 Å². The summed E-state index contributed by atoms with van der Waals surface area (Å²) in [6.07, 6.45) is 0. The van der Waals surface area contributed by atoms with Crippen molar-refractivity contribution < 1.29 is 8.85 Å².